The lowest BCUT2D eigenvalue weighted by Gasteiger charge is -2.17. The summed E-state index contributed by atoms with van der Waals surface area (Å²) >= 11 is 0. The number of aliphatic hydroxyl groups is 1. The number of rotatable bonds is 9. The standard InChI is InChI=1S/C9H16N2O6/c12-3-1-2-10-7(13)4-11(5-8(14)15)6-9(16)17/h12H,1-6H2,(H,10,13)(H,14,15)(H,16,17). The second-order valence-electron chi connectivity index (χ2n) is 3.36. The van der Waals surface area contributed by atoms with Crippen molar-refractivity contribution in [1.29, 1.82) is 0 Å². The third kappa shape index (κ3) is 9.27. The van der Waals surface area contributed by atoms with Crippen LogP contribution in [0.15, 0.2) is 0 Å². The van der Waals surface area contributed by atoms with Crippen LogP contribution in [0.5, 0.6) is 0 Å². The number of aliphatic carboxylic acids is 2. The van der Waals surface area contributed by atoms with Gasteiger partial charge in [0.25, 0.3) is 0 Å². The van der Waals surface area contributed by atoms with Crippen molar-refractivity contribution in [3.05, 3.63) is 0 Å². The van der Waals surface area contributed by atoms with E-state index in [2.05, 4.69) is 5.32 Å². The highest BCUT2D eigenvalue weighted by Gasteiger charge is 2.16. The quantitative estimate of drug-likeness (QED) is 0.346. The van der Waals surface area contributed by atoms with Crippen LogP contribution in [0.3, 0.4) is 0 Å². The number of amides is 1. The van der Waals surface area contributed by atoms with Crippen LogP contribution >= 0.6 is 0 Å². The number of hydrogen-bond donors (Lipinski definition) is 4. The fourth-order valence-corrected chi connectivity index (χ4v) is 1.12. The summed E-state index contributed by atoms with van der Waals surface area (Å²) in [5, 5.41) is 28.0. The van der Waals surface area contributed by atoms with Gasteiger partial charge in [-0.3, -0.25) is 19.3 Å². The third-order valence-electron chi connectivity index (χ3n) is 1.74. The van der Waals surface area contributed by atoms with Gasteiger partial charge in [0, 0.05) is 13.2 Å². The van der Waals surface area contributed by atoms with Gasteiger partial charge in [0.1, 0.15) is 0 Å². The predicted molar refractivity (Wildman–Crippen MR) is 56.4 cm³/mol. The molecule has 0 spiro atoms. The largest absolute Gasteiger partial charge is 0.480 e. The van der Waals surface area contributed by atoms with E-state index in [0.29, 0.717) is 6.42 Å². The Morgan fingerprint density at radius 1 is 1.00 bits per heavy atom. The van der Waals surface area contributed by atoms with E-state index in [0.717, 1.165) is 4.90 Å². The highest BCUT2D eigenvalue weighted by atomic mass is 16.4. The number of carboxylic acid groups (broad SMARTS) is 2. The van der Waals surface area contributed by atoms with Crippen LogP contribution in [0.1, 0.15) is 6.42 Å². The van der Waals surface area contributed by atoms with E-state index in [-0.39, 0.29) is 19.7 Å². The Balaban J connectivity index is 4.07. The minimum absolute atomic E-state index is 0.0613. The highest BCUT2D eigenvalue weighted by molar-refractivity contribution is 5.80. The van der Waals surface area contributed by atoms with Crippen molar-refractivity contribution in [3.63, 3.8) is 0 Å². The second kappa shape index (κ2) is 8.48. The molecule has 17 heavy (non-hydrogen) atoms. The van der Waals surface area contributed by atoms with Gasteiger partial charge in [0.05, 0.1) is 19.6 Å². The van der Waals surface area contributed by atoms with Crippen LogP contribution in [-0.4, -0.2) is 70.9 Å². The Bertz CT molecular complexity index is 265. The van der Waals surface area contributed by atoms with Crippen molar-refractivity contribution in [3.8, 4) is 0 Å². The minimum Gasteiger partial charge on any atom is -0.480 e. The normalized spacial score (nSPS) is 10.2. The van der Waals surface area contributed by atoms with Crippen molar-refractivity contribution in [2.45, 2.75) is 6.42 Å². The molecule has 1 amide bonds. The number of nitrogens with zero attached hydrogens (tertiary/aromatic N) is 1. The number of aliphatic hydroxyl groups excluding tert-OH is 1. The van der Waals surface area contributed by atoms with Crippen molar-refractivity contribution >= 4 is 17.8 Å². The number of hydrogen-bond acceptors (Lipinski definition) is 5. The number of carbonyl (C=O) groups is 3. The molecular weight excluding hydrogens is 232 g/mol. The lowest BCUT2D eigenvalue weighted by Crippen LogP contribution is -2.42. The average Bonchev–Trinajstić information content (AvgIpc) is 2.15. The van der Waals surface area contributed by atoms with Crippen molar-refractivity contribution in [2.75, 3.05) is 32.8 Å². The van der Waals surface area contributed by atoms with Gasteiger partial charge in [-0.05, 0) is 6.42 Å². The Morgan fingerprint density at radius 3 is 1.94 bits per heavy atom. The second-order valence-corrected chi connectivity index (χ2v) is 3.36. The average molecular weight is 248 g/mol. The smallest absolute Gasteiger partial charge is 0.317 e. The molecule has 4 N–H and O–H groups in total. The van der Waals surface area contributed by atoms with Gasteiger partial charge in [0.15, 0.2) is 0 Å². The van der Waals surface area contributed by atoms with E-state index < -0.39 is 30.9 Å². The van der Waals surface area contributed by atoms with Crippen LogP contribution in [0.2, 0.25) is 0 Å². The van der Waals surface area contributed by atoms with Gasteiger partial charge in [-0.15, -0.1) is 0 Å². The summed E-state index contributed by atoms with van der Waals surface area (Å²) in [6.45, 7) is -1.12. The molecule has 0 unspecified atom stereocenters. The Labute approximate surface area is 97.8 Å². The van der Waals surface area contributed by atoms with E-state index in [1.807, 2.05) is 0 Å². The maximum atomic E-state index is 11.3. The summed E-state index contributed by atoms with van der Waals surface area (Å²) in [5.41, 5.74) is 0. The molecule has 8 nitrogen and oxygen atoms in total. The van der Waals surface area contributed by atoms with Gasteiger partial charge in [-0.1, -0.05) is 0 Å². The summed E-state index contributed by atoms with van der Waals surface area (Å²) < 4.78 is 0. The summed E-state index contributed by atoms with van der Waals surface area (Å²) in [6.07, 6.45) is 0.392. The number of carboxylic acids is 2. The van der Waals surface area contributed by atoms with Crippen LogP contribution in [0.25, 0.3) is 0 Å². The first kappa shape index (κ1) is 15.3. The van der Waals surface area contributed by atoms with Gasteiger partial charge in [-0.25, -0.2) is 0 Å². The molecule has 0 saturated carbocycles. The summed E-state index contributed by atoms with van der Waals surface area (Å²) in [7, 11) is 0. The summed E-state index contributed by atoms with van der Waals surface area (Å²) in [6, 6.07) is 0. The van der Waals surface area contributed by atoms with Crippen molar-refractivity contribution < 1.29 is 29.7 Å². The van der Waals surface area contributed by atoms with E-state index in [9.17, 15) is 14.4 Å². The molecule has 8 heteroatoms. The van der Waals surface area contributed by atoms with Gasteiger partial charge >= 0.3 is 11.9 Å². The van der Waals surface area contributed by atoms with Gasteiger partial charge < -0.3 is 20.6 Å². The molecule has 0 rings (SSSR count). The molecule has 0 radical (unpaired) electrons. The molecule has 0 aliphatic rings. The van der Waals surface area contributed by atoms with Crippen molar-refractivity contribution in [2.24, 2.45) is 0 Å². The zero-order valence-electron chi connectivity index (χ0n) is 9.26. The zero-order valence-corrected chi connectivity index (χ0v) is 9.26. The first-order chi connectivity index (χ1) is 7.95. The molecule has 98 valence electrons. The zero-order chi connectivity index (χ0) is 13.3. The molecule has 0 saturated heterocycles. The van der Waals surface area contributed by atoms with Crippen LogP contribution in [-0.2, 0) is 14.4 Å². The first-order valence-corrected chi connectivity index (χ1v) is 4.99. The first-order valence-electron chi connectivity index (χ1n) is 4.99. The van der Waals surface area contributed by atoms with Gasteiger partial charge in [0.2, 0.25) is 5.91 Å². The number of carbonyl (C=O) groups excluding carboxylic acids is 1. The van der Waals surface area contributed by atoms with Crippen LogP contribution in [0, 0.1) is 0 Å². The van der Waals surface area contributed by atoms with Crippen LogP contribution < -0.4 is 5.32 Å². The predicted octanol–water partition coefficient (Wildman–Crippen LogP) is -2.04. The summed E-state index contributed by atoms with van der Waals surface area (Å²) in [4.78, 5) is 33.1. The molecule has 0 aromatic carbocycles. The van der Waals surface area contributed by atoms with Gasteiger partial charge in [-0.2, -0.15) is 0 Å². The van der Waals surface area contributed by atoms with E-state index in [4.69, 9.17) is 15.3 Å². The van der Waals surface area contributed by atoms with E-state index in [1.165, 1.54) is 0 Å². The molecule has 0 atom stereocenters. The van der Waals surface area contributed by atoms with Crippen molar-refractivity contribution in [1.82, 2.24) is 10.2 Å². The number of nitrogens with one attached hydrogen (secondary N) is 1. The molecular formula is C9H16N2O6. The Kier molecular flexibility index (Phi) is 7.65. The molecule has 0 aliphatic heterocycles. The molecule has 0 bridgehead atoms. The maximum absolute atomic E-state index is 11.3. The lowest BCUT2D eigenvalue weighted by atomic mass is 10.4. The SMILES string of the molecule is O=C(O)CN(CC(=O)O)CC(=O)NCCCO. The third-order valence-corrected chi connectivity index (χ3v) is 1.74. The molecule has 0 aromatic heterocycles. The fourth-order valence-electron chi connectivity index (χ4n) is 1.12. The lowest BCUT2D eigenvalue weighted by molar-refractivity contribution is -0.142. The van der Waals surface area contributed by atoms with E-state index in [1.54, 1.807) is 0 Å². The molecule has 0 aliphatic carbocycles. The summed E-state index contributed by atoms with van der Waals surface area (Å²) in [5.74, 6) is -2.87. The minimum atomic E-state index is -1.20. The monoisotopic (exact) mass is 248 g/mol. The molecule has 0 heterocycles. The molecule has 0 aromatic rings. The topological polar surface area (TPSA) is 127 Å². The maximum Gasteiger partial charge on any atom is 0.317 e. The van der Waals surface area contributed by atoms with E-state index >= 15 is 0 Å². The van der Waals surface area contributed by atoms with Crippen LogP contribution in [0.4, 0.5) is 0 Å². The Hall–Kier alpha value is -1.67. The highest BCUT2D eigenvalue weighted by Crippen LogP contribution is 1.88. The molecule has 0 fully saturated rings. The fraction of sp³-hybridized carbons (Fsp3) is 0.667. The Morgan fingerprint density at radius 2 is 1.53 bits per heavy atom.